The molecular formula is C15H18N4O. The van der Waals surface area contributed by atoms with Crippen molar-refractivity contribution in [2.24, 2.45) is 11.7 Å². The lowest BCUT2D eigenvalue weighted by atomic mass is 10.1. The summed E-state index contributed by atoms with van der Waals surface area (Å²) in [5.74, 6) is 0.342. The van der Waals surface area contributed by atoms with Crippen molar-refractivity contribution in [3.8, 4) is 0 Å². The lowest BCUT2D eigenvalue weighted by Gasteiger charge is -2.20. The number of nitrogens with zero attached hydrogens (tertiary/aromatic N) is 3. The molecule has 0 radical (unpaired) electrons. The fraction of sp³-hybridized carbons (Fsp3) is 0.400. The van der Waals surface area contributed by atoms with Crippen LogP contribution in [0, 0.1) is 5.92 Å². The van der Waals surface area contributed by atoms with Gasteiger partial charge in [0.25, 0.3) is 5.91 Å². The van der Waals surface area contributed by atoms with Crippen molar-refractivity contribution in [2.45, 2.75) is 19.4 Å². The number of carbonyl (C=O) groups is 1. The van der Waals surface area contributed by atoms with Gasteiger partial charge in [-0.2, -0.15) is 0 Å². The summed E-state index contributed by atoms with van der Waals surface area (Å²) in [6.45, 7) is 3.39. The van der Waals surface area contributed by atoms with Crippen LogP contribution in [0.15, 0.2) is 30.5 Å². The Hall–Kier alpha value is -2.01. The Balaban J connectivity index is 1.89. The highest BCUT2D eigenvalue weighted by Crippen LogP contribution is 2.23. The molecule has 5 nitrogen and oxygen atoms in total. The molecule has 1 aromatic carbocycles. The molecule has 1 fully saturated rings. The highest BCUT2D eigenvalue weighted by molar-refractivity contribution is 5.94. The summed E-state index contributed by atoms with van der Waals surface area (Å²) in [5.41, 5.74) is 7.67. The molecular weight excluding hydrogens is 252 g/mol. The minimum absolute atomic E-state index is 0.0493. The second kappa shape index (κ2) is 5.17. The second-order valence-corrected chi connectivity index (χ2v) is 5.39. The number of hydrogen-bond donors (Lipinski definition) is 1. The van der Waals surface area contributed by atoms with E-state index in [-0.39, 0.29) is 11.9 Å². The van der Waals surface area contributed by atoms with E-state index < -0.39 is 0 Å². The highest BCUT2D eigenvalue weighted by atomic mass is 16.2. The molecule has 1 aromatic heterocycles. The summed E-state index contributed by atoms with van der Waals surface area (Å²) in [6, 6.07) is 7.78. The van der Waals surface area contributed by atoms with Crippen molar-refractivity contribution in [1.82, 2.24) is 14.9 Å². The third-order valence-electron chi connectivity index (χ3n) is 3.92. The Kier molecular flexibility index (Phi) is 3.36. The van der Waals surface area contributed by atoms with E-state index in [2.05, 4.69) is 16.9 Å². The number of aromatic nitrogens is 2. The Labute approximate surface area is 117 Å². The first kappa shape index (κ1) is 13.0. The average Bonchev–Trinajstić information content (AvgIpc) is 2.87. The molecule has 1 aliphatic heterocycles. The van der Waals surface area contributed by atoms with Crippen molar-refractivity contribution >= 4 is 16.9 Å². The molecule has 0 saturated carbocycles. The molecule has 2 atom stereocenters. The number of amides is 1. The Morgan fingerprint density at radius 2 is 2.15 bits per heavy atom. The van der Waals surface area contributed by atoms with Gasteiger partial charge in [-0.25, -0.2) is 4.98 Å². The minimum atomic E-state index is -0.0493. The number of para-hydroxylation sites is 2. The highest BCUT2D eigenvalue weighted by Gasteiger charge is 2.32. The predicted octanol–water partition coefficient (Wildman–Crippen LogP) is 1.44. The maximum absolute atomic E-state index is 12.5. The topological polar surface area (TPSA) is 72.1 Å². The van der Waals surface area contributed by atoms with Gasteiger partial charge in [0.15, 0.2) is 0 Å². The van der Waals surface area contributed by atoms with Crippen LogP contribution in [0.2, 0.25) is 0 Å². The first-order chi connectivity index (χ1) is 9.69. The number of hydrogen-bond acceptors (Lipinski definition) is 4. The molecule has 0 bridgehead atoms. The third-order valence-corrected chi connectivity index (χ3v) is 3.92. The van der Waals surface area contributed by atoms with E-state index in [0.717, 1.165) is 17.5 Å². The SMILES string of the molecule is CC1CC(CN)CN1C(=O)c1cnc2ccccc2n1. The normalized spacial score (nSPS) is 22.4. The lowest BCUT2D eigenvalue weighted by molar-refractivity contribution is 0.0737. The summed E-state index contributed by atoms with van der Waals surface area (Å²) >= 11 is 0. The first-order valence-electron chi connectivity index (χ1n) is 6.92. The number of rotatable bonds is 2. The molecule has 3 rings (SSSR count). The van der Waals surface area contributed by atoms with Gasteiger partial charge in [0.05, 0.1) is 17.2 Å². The van der Waals surface area contributed by atoms with Crippen molar-refractivity contribution in [2.75, 3.05) is 13.1 Å². The first-order valence-corrected chi connectivity index (χ1v) is 6.92. The Morgan fingerprint density at radius 1 is 1.40 bits per heavy atom. The molecule has 1 aliphatic rings. The summed E-state index contributed by atoms with van der Waals surface area (Å²) in [5, 5.41) is 0. The lowest BCUT2D eigenvalue weighted by Crippen LogP contribution is -2.35. The van der Waals surface area contributed by atoms with Crippen LogP contribution < -0.4 is 5.73 Å². The predicted molar refractivity (Wildman–Crippen MR) is 77.2 cm³/mol. The molecule has 104 valence electrons. The summed E-state index contributed by atoms with van der Waals surface area (Å²) < 4.78 is 0. The molecule has 2 unspecified atom stereocenters. The van der Waals surface area contributed by atoms with E-state index in [4.69, 9.17) is 5.73 Å². The summed E-state index contributed by atoms with van der Waals surface area (Å²) in [7, 11) is 0. The van der Waals surface area contributed by atoms with E-state index in [9.17, 15) is 4.79 Å². The van der Waals surface area contributed by atoms with E-state index in [1.54, 1.807) is 6.20 Å². The van der Waals surface area contributed by atoms with Gasteiger partial charge >= 0.3 is 0 Å². The Morgan fingerprint density at radius 3 is 2.85 bits per heavy atom. The number of fused-ring (bicyclic) bond motifs is 1. The van der Waals surface area contributed by atoms with Gasteiger partial charge in [-0.05, 0) is 37.9 Å². The fourth-order valence-electron chi connectivity index (χ4n) is 2.80. The molecule has 1 amide bonds. The van der Waals surface area contributed by atoms with Crippen LogP contribution in [0.3, 0.4) is 0 Å². The van der Waals surface area contributed by atoms with Crippen molar-refractivity contribution in [1.29, 1.82) is 0 Å². The molecule has 20 heavy (non-hydrogen) atoms. The van der Waals surface area contributed by atoms with Gasteiger partial charge in [-0.1, -0.05) is 12.1 Å². The number of likely N-dealkylation sites (tertiary alicyclic amines) is 1. The van der Waals surface area contributed by atoms with Gasteiger partial charge in [-0.15, -0.1) is 0 Å². The number of benzene rings is 1. The van der Waals surface area contributed by atoms with E-state index in [1.807, 2.05) is 29.2 Å². The van der Waals surface area contributed by atoms with Crippen LogP contribution in [0.5, 0.6) is 0 Å². The van der Waals surface area contributed by atoms with Crippen LogP contribution in [-0.2, 0) is 0 Å². The summed E-state index contributed by atoms with van der Waals surface area (Å²) in [6.07, 6.45) is 2.52. The van der Waals surface area contributed by atoms with Crippen LogP contribution in [0.4, 0.5) is 0 Å². The monoisotopic (exact) mass is 270 g/mol. The minimum Gasteiger partial charge on any atom is -0.334 e. The van der Waals surface area contributed by atoms with Crippen molar-refractivity contribution in [3.63, 3.8) is 0 Å². The van der Waals surface area contributed by atoms with Crippen LogP contribution in [0.25, 0.3) is 11.0 Å². The van der Waals surface area contributed by atoms with E-state index in [0.29, 0.717) is 24.7 Å². The molecule has 0 aliphatic carbocycles. The molecule has 5 heteroatoms. The quantitative estimate of drug-likeness (QED) is 0.896. The zero-order valence-electron chi connectivity index (χ0n) is 11.5. The van der Waals surface area contributed by atoms with E-state index in [1.165, 1.54) is 0 Å². The van der Waals surface area contributed by atoms with Gasteiger partial charge in [0.1, 0.15) is 5.69 Å². The van der Waals surface area contributed by atoms with Gasteiger partial charge in [0, 0.05) is 12.6 Å². The largest absolute Gasteiger partial charge is 0.334 e. The zero-order valence-corrected chi connectivity index (χ0v) is 11.5. The summed E-state index contributed by atoms with van der Waals surface area (Å²) in [4.78, 5) is 23.1. The van der Waals surface area contributed by atoms with Gasteiger partial charge in [0.2, 0.25) is 0 Å². The number of carbonyl (C=O) groups excluding carboxylic acids is 1. The number of nitrogens with two attached hydrogens (primary N) is 1. The van der Waals surface area contributed by atoms with Crippen LogP contribution in [0.1, 0.15) is 23.8 Å². The van der Waals surface area contributed by atoms with Crippen LogP contribution >= 0.6 is 0 Å². The Bertz CT molecular complexity index is 643. The van der Waals surface area contributed by atoms with Crippen LogP contribution in [-0.4, -0.2) is 39.9 Å². The van der Waals surface area contributed by atoms with Crippen molar-refractivity contribution in [3.05, 3.63) is 36.2 Å². The second-order valence-electron chi connectivity index (χ2n) is 5.39. The third kappa shape index (κ3) is 2.25. The maximum atomic E-state index is 12.5. The standard InChI is InChI=1S/C15H18N4O/c1-10-6-11(7-16)9-19(10)15(20)14-8-17-12-4-2-3-5-13(12)18-14/h2-5,8,10-11H,6-7,9,16H2,1H3. The molecule has 2 aromatic rings. The smallest absolute Gasteiger partial charge is 0.274 e. The maximum Gasteiger partial charge on any atom is 0.274 e. The van der Waals surface area contributed by atoms with Gasteiger partial charge < -0.3 is 10.6 Å². The van der Waals surface area contributed by atoms with Gasteiger partial charge in [-0.3, -0.25) is 9.78 Å². The van der Waals surface area contributed by atoms with Crippen molar-refractivity contribution < 1.29 is 4.79 Å². The molecule has 1 saturated heterocycles. The van der Waals surface area contributed by atoms with E-state index >= 15 is 0 Å². The molecule has 0 spiro atoms. The fourth-order valence-corrected chi connectivity index (χ4v) is 2.80. The zero-order chi connectivity index (χ0) is 14.1. The molecule has 2 heterocycles. The average molecular weight is 270 g/mol. The molecule has 2 N–H and O–H groups in total.